The summed E-state index contributed by atoms with van der Waals surface area (Å²) in [7, 11) is 0. The molecule has 1 saturated carbocycles. The van der Waals surface area contributed by atoms with Gasteiger partial charge in [-0.3, -0.25) is 4.79 Å². The van der Waals surface area contributed by atoms with Gasteiger partial charge in [-0.2, -0.15) is 0 Å². The molecule has 0 radical (unpaired) electrons. The van der Waals surface area contributed by atoms with E-state index in [9.17, 15) is 14.0 Å². The number of aromatic carboxylic acids is 1. The molecule has 0 aromatic heterocycles. The van der Waals surface area contributed by atoms with E-state index in [0.29, 0.717) is 12.0 Å². The van der Waals surface area contributed by atoms with E-state index in [-0.39, 0.29) is 35.7 Å². The lowest BCUT2D eigenvalue weighted by Gasteiger charge is -2.07. The van der Waals surface area contributed by atoms with Crippen molar-refractivity contribution in [3.05, 3.63) is 71.0 Å². The minimum absolute atomic E-state index is 0.0361. The van der Waals surface area contributed by atoms with Crippen molar-refractivity contribution < 1.29 is 19.1 Å². The van der Waals surface area contributed by atoms with E-state index in [4.69, 9.17) is 5.11 Å². The number of rotatable bonds is 6. The molecule has 5 heteroatoms. The molecule has 24 heavy (non-hydrogen) atoms. The summed E-state index contributed by atoms with van der Waals surface area (Å²) in [5.41, 5.74) is 1.78. The number of benzene rings is 2. The molecule has 1 amide bonds. The summed E-state index contributed by atoms with van der Waals surface area (Å²) in [4.78, 5) is 23.2. The van der Waals surface area contributed by atoms with Gasteiger partial charge in [-0.15, -0.1) is 0 Å². The van der Waals surface area contributed by atoms with Crippen LogP contribution in [0.5, 0.6) is 0 Å². The van der Waals surface area contributed by atoms with Crippen molar-refractivity contribution in [1.82, 2.24) is 5.32 Å². The van der Waals surface area contributed by atoms with Crippen molar-refractivity contribution in [2.75, 3.05) is 0 Å². The molecule has 1 aliphatic rings. The van der Waals surface area contributed by atoms with Crippen LogP contribution in [0.4, 0.5) is 4.39 Å². The summed E-state index contributed by atoms with van der Waals surface area (Å²) < 4.78 is 13.2. The molecule has 0 heterocycles. The standard InChI is InChI=1S/C19H18FNO3/c20-14-6-3-5-13(10-14)16-11-17(16)21-18(22)9-8-12-4-1-2-7-15(12)19(23)24/h1-7,10,16-17H,8-9,11H2,(H,21,22)(H,23,24). The number of carboxylic acids is 1. The van der Waals surface area contributed by atoms with Gasteiger partial charge in [0.2, 0.25) is 5.91 Å². The second-order valence-electron chi connectivity index (χ2n) is 6.03. The van der Waals surface area contributed by atoms with E-state index in [2.05, 4.69) is 5.32 Å². The van der Waals surface area contributed by atoms with Crippen LogP contribution in [0.2, 0.25) is 0 Å². The van der Waals surface area contributed by atoms with Crippen molar-refractivity contribution in [1.29, 1.82) is 0 Å². The van der Waals surface area contributed by atoms with Crippen LogP contribution in [0.25, 0.3) is 0 Å². The highest BCUT2D eigenvalue weighted by Crippen LogP contribution is 2.40. The minimum atomic E-state index is -0.987. The van der Waals surface area contributed by atoms with Crippen molar-refractivity contribution in [3.63, 3.8) is 0 Å². The van der Waals surface area contributed by atoms with E-state index in [1.807, 2.05) is 6.07 Å². The Labute approximate surface area is 139 Å². The maximum absolute atomic E-state index is 13.2. The number of carboxylic acid groups (broad SMARTS) is 1. The van der Waals surface area contributed by atoms with Gasteiger partial charge in [0.05, 0.1) is 5.56 Å². The van der Waals surface area contributed by atoms with Crippen molar-refractivity contribution >= 4 is 11.9 Å². The maximum Gasteiger partial charge on any atom is 0.335 e. The smallest absolute Gasteiger partial charge is 0.335 e. The van der Waals surface area contributed by atoms with Crippen LogP contribution in [0, 0.1) is 5.82 Å². The van der Waals surface area contributed by atoms with Crippen LogP contribution in [0.3, 0.4) is 0 Å². The van der Waals surface area contributed by atoms with Crippen molar-refractivity contribution in [2.24, 2.45) is 0 Å². The van der Waals surface area contributed by atoms with Gasteiger partial charge in [0, 0.05) is 18.4 Å². The Morgan fingerprint density at radius 2 is 1.96 bits per heavy atom. The van der Waals surface area contributed by atoms with Crippen LogP contribution in [0.1, 0.15) is 40.2 Å². The molecule has 2 unspecified atom stereocenters. The third-order valence-electron chi connectivity index (χ3n) is 4.28. The zero-order chi connectivity index (χ0) is 17.1. The number of nitrogens with one attached hydrogen (secondary N) is 1. The van der Waals surface area contributed by atoms with Gasteiger partial charge < -0.3 is 10.4 Å². The molecule has 3 rings (SSSR count). The van der Waals surface area contributed by atoms with Crippen LogP contribution < -0.4 is 5.32 Å². The molecule has 1 aliphatic carbocycles. The first kappa shape index (κ1) is 16.2. The summed E-state index contributed by atoms with van der Waals surface area (Å²) in [6.45, 7) is 0. The predicted octanol–water partition coefficient (Wildman–Crippen LogP) is 3.13. The number of carbonyl (C=O) groups is 2. The quantitative estimate of drug-likeness (QED) is 0.856. The first-order valence-corrected chi connectivity index (χ1v) is 7.90. The molecular weight excluding hydrogens is 309 g/mol. The van der Waals surface area contributed by atoms with Gasteiger partial charge in [0.15, 0.2) is 0 Å². The van der Waals surface area contributed by atoms with Crippen LogP contribution in [-0.4, -0.2) is 23.0 Å². The first-order chi connectivity index (χ1) is 11.5. The Morgan fingerprint density at radius 1 is 1.17 bits per heavy atom. The number of hydrogen-bond donors (Lipinski definition) is 2. The Balaban J connectivity index is 1.52. The molecule has 124 valence electrons. The molecule has 2 aromatic rings. The maximum atomic E-state index is 13.2. The second kappa shape index (κ2) is 6.83. The second-order valence-corrected chi connectivity index (χ2v) is 6.03. The van der Waals surface area contributed by atoms with E-state index in [0.717, 1.165) is 12.0 Å². The molecule has 0 bridgehead atoms. The van der Waals surface area contributed by atoms with Crippen LogP contribution in [0.15, 0.2) is 48.5 Å². The molecule has 2 N–H and O–H groups in total. The Morgan fingerprint density at radius 3 is 2.71 bits per heavy atom. The average molecular weight is 327 g/mol. The van der Waals surface area contributed by atoms with Gasteiger partial charge in [0.25, 0.3) is 0 Å². The SMILES string of the molecule is O=C(CCc1ccccc1C(=O)O)NC1CC1c1cccc(F)c1. The van der Waals surface area contributed by atoms with Crippen molar-refractivity contribution in [2.45, 2.75) is 31.2 Å². The highest BCUT2D eigenvalue weighted by molar-refractivity contribution is 5.89. The van der Waals surface area contributed by atoms with Gasteiger partial charge in [-0.25, -0.2) is 9.18 Å². The molecule has 2 aromatic carbocycles. The molecule has 2 atom stereocenters. The summed E-state index contributed by atoms with van der Waals surface area (Å²) in [5, 5.41) is 12.1. The van der Waals surface area contributed by atoms with E-state index in [1.54, 1.807) is 24.3 Å². The van der Waals surface area contributed by atoms with E-state index >= 15 is 0 Å². The van der Waals surface area contributed by atoms with Gasteiger partial charge in [-0.05, 0) is 42.2 Å². The molecule has 0 aliphatic heterocycles. The topological polar surface area (TPSA) is 66.4 Å². The fourth-order valence-electron chi connectivity index (χ4n) is 2.93. The Bertz CT molecular complexity index is 775. The zero-order valence-corrected chi connectivity index (χ0v) is 13.0. The lowest BCUT2D eigenvalue weighted by molar-refractivity contribution is -0.121. The lowest BCUT2D eigenvalue weighted by Crippen LogP contribution is -2.26. The Kier molecular flexibility index (Phi) is 4.60. The molecule has 0 saturated heterocycles. The first-order valence-electron chi connectivity index (χ1n) is 7.90. The molecule has 0 spiro atoms. The third-order valence-corrected chi connectivity index (χ3v) is 4.28. The average Bonchev–Trinajstić information content (AvgIpc) is 3.32. The van der Waals surface area contributed by atoms with Gasteiger partial charge >= 0.3 is 5.97 Å². The highest BCUT2D eigenvalue weighted by atomic mass is 19.1. The monoisotopic (exact) mass is 327 g/mol. The number of hydrogen-bond acceptors (Lipinski definition) is 2. The summed E-state index contributed by atoms with van der Waals surface area (Å²) in [6, 6.07) is 13.2. The minimum Gasteiger partial charge on any atom is -0.478 e. The fraction of sp³-hybridized carbons (Fsp3) is 0.263. The van der Waals surface area contributed by atoms with E-state index in [1.165, 1.54) is 18.2 Å². The lowest BCUT2D eigenvalue weighted by atomic mass is 10.0. The van der Waals surface area contributed by atoms with Gasteiger partial charge in [0.1, 0.15) is 5.82 Å². The van der Waals surface area contributed by atoms with E-state index < -0.39 is 5.97 Å². The molecule has 1 fully saturated rings. The Hall–Kier alpha value is -2.69. The largest absolute Gasteiger partial charge is 0.478 e. The molecular formula is C19H18FNO3. The summed E-state index contributed by atoms with van der Waals surface area (Å²) >= 11 is 0. The number of carbonyl (C=O) groups excluding carboxylic acids is 1. The number of halogens is 1. The predicted molar refractivity (Wildman–Crippen MR) is 87.4 cm³/mol. The van der Waals surface area contributed by atoms with Gasteiger partial charge in [-0.1, -0.05) is 30.3 Å². The molecule has 4 nitrogen and oxygen atoms in total. The third kappa shape index (κ3) is 3.79. The summed E-state index contributed by atoms with van der Waals surface area (Å²) in [5.74, 6) is -1.20. The number of aryl methyl sites for hydroxylation is 1. The number of amides is 1. The highest BCUT2D eigenvalue weighted by Gasteiger charge is 2.39. The summed E-state index contributed by atoms with van der Waals surface area (Å²) in [6.07, 6.45) is 1.42. The van der Waals surface area contributed by atoms with Crippen LogP contribution in [-0.2, 0) is 11.2 Å². The zero-order valence-electron chi connectivity index (χ0n) is 13.0. The van der Waals surface area contributed by atoms with Crippen LogP contribution >= 0.6 is 0 Å². The van der Waals surface area contributed by atoms with Crippen molar-refractivity contribution in [3.8, 4) is 0 Å². The normalized spacial score (nSPS) is 18.9. The fourth-order valence-corrected chi connectivity index (χ4v) is 2.93.